The maximum atomic E-state index is 12.5. The smallest absolute Gasteiger partial charge is 0.248 e. The third-order valence-corrected chi connectivity index (χ3v) is 2.77. The highest BCUT2D eigenvalue weighted by molar-refractivity contribution is 6.10. The highest BCUT2D eigenvalue weighted by Gasteiger charge is 2.12. The first kappa shape index (κ1) is 13.8. The lowest BCUT2D eigenvalue weighted by molar-refractivity contribution is 0.103. The van der Waals surface area contributed by atoms with Gasteiger partial charge in [-0.05, 0) is 12.1 Å². The Morgan fingerprint density at radius 1 is 1.10 bits per heavy atom. The molecule has 0 saturated heterocycles. The fraction of sp³-hybridized carbons (Fsp3) is 0.125. The van der Waals surface area contributed by atoms with E-state index in [2.05, 4.69) is 4.98 Å². The minimum absolute atomic E-state index is 0.111. The number of carbonyl (C=O) groups is 1. The van der Waals surface area contributed by atoms with E-state index < -0.39 is 0 Å². The summed E-state index contributed by atoms with van der Waals surface area (Å²) in [5.74, 6) is -0.111. The molecule has 1 N–H and O–H groups in total. The van der Waals surface area contributed by atoms with Crippen LogP contribution in [-0.4, -0.2) is 29.8 Å². The number of nitrogens with zero attached hydrogens (tertiary/aromatic N) is 1. The van der Waals surface area contributed by atoms with E-state index in [9.17, 15) is 9.59 Å². The van der Waals surface area contributed by atoms with Gasteiger partial charge in [0.25, 0.3) is 0 Å². The Bertz CT molecular complexity index is 685. The minimum atomic E-state index is -0.229. The van der Waals surface area contributed by atoms with Gasteiger partial charge in [0.15, 0.2) is 5.78 Å². The number of aromatic nitrogens is 1. The van der Waals surface area contributed by atoms with Crippen LogP contribution in [-0.2, 0) is 0 Å². The average Bonchev–Trinajstić information content (AvgIpc) is 2.45. The van der Waals surface area contributed by atoms with Gasteiger partial charge in [-0.15, -0.1) is 0 Å². The molecular weight excluding hydrogens is 252 g/mol. The van der Waals surface area contributed by atoms with E-state index in [0.29, 0.717) is 16.8 Å². The molecular formula is C16H16N2O2. The molecule has 1 aromatic carbocycles. The lowest BCUT2D eigenvalue weighted by atomic mass is 10.0. The number of nitrogens with one attached hydrogen (secondary N) is 1. The standard InChI is InChI=1S/C16H16N2O2/c1-18(2)11-10-14-13(8-9-15(19)17-14)16(20)12-6-4-3-5-7-12/h3-11H,1-2H3,(H,17,19). The van der Waals surface area contributed by atoms with Crippen molar-refractivity contribution in [1.29, 1.82) is 0 Å². The van der Waals surface area contributed by atoms with Crippen LogP contribution in [0.1, 0.15) is 21.6 Å². The summed E-state index contributed by atoms with van der Waals surface area (Å²) < 4.78 is 0. The van der Waals surface area contributed by atoms with Crippen molar-refractivity contribution < 1.29 is 4.79 Å². The predicted octanol–water partition coefficient (Wildman–Crippen LogP) is 2.14. The number of aromatic amines is 1. The summed E-state index contributed by atoms with van der Waals surface area (Å²) in [6.45, 7) is 0. The van der Waals surface area contributed by atoms with Crippen LogP contribution < -0.4 is 5.56 Å². The first-order valence-electron chi connectivity index (χ1n) is 6.25. The lowest BCUT2D eigenvalue weighted by Gasteiger charge is -2.07. The van der Waals surface area contributed by atoms with Crippen molar-refractivity contribution in [3.05, 3.63) is 75.8 Å². The molecule has 0 aliphatic heterocycles. The number of H-pyrrole nitrogens is 1. The fourth-order valence-corrected chi connectivity index (χ4v) is 1.79. The molecule has 0 fully saturated rings. The van der Waals surface area contributed by atoms with Crippen molar-refractivity contribution in [3.8, 4) is 0 Å². The number of carbonyl (C=O) groups excluding carboxylic acids is 1. The molecule has 0 aliphatic carbocycles. The van der Waals surface area contributed by atoms with Crippen LogP contribution >= 0.6 is 0 Å². The molecule has 4 nitrogen and oxygen atoms in total. The highest BCUT2D eigenvalue weighted by atomic mass is 16.1. The summed E-state index contributed by atoms with van der Waals surface area (Å²) in [6.07, 6.45) is 3.50. The van der Waals surface area contributed by atoms with Gasteiger partial charge in [-0.2, -0.15) is 0 Å². The van der Waals surface area contributed by atoms with Crippen molar-refractivity contribution >= 4 is 11.9 Å². The average molecular weight is 268 g/mol. The van der Waals surface area contributed by atoms with Gasteiger partial charge in [-0.3, -0.25) is 9.59 Å². The van der Waals surface area contributed by atoms with Crippen molar-refractivity contribution in [2.24, 2.45) is 0 Å². The van der Waals surface area contributed by atoms with Gasteiger partial charge in [0, 0.05) is 37.5 Å². The molecule has 20 heavy (non-hydrogen) atoms. The van der Waals surface area contributed by atoms with Crippen LogP contribution in [0.4, 0.5) is 0 Å². The van der Waals surface area contributed by atoms with E-state index in [-0.39, 0.29) is 11.3 Å². The minimum Gasteiger partial charge on any atom is -0.383 e. The van der Waals surface area contributed by atoms with Gasteiger partial charge in [-0.25, -0.2) is 0 Å². The van der Waals surface area contributed by atoms with E-state index in [1.807, 2.05) is 37.2 Å². The van der Waals surface area contributed by atoms with Crippen LogP contribution in [0, 0.1) is 0 Å². The lowest BCUT2D eigenvalue weighted by Crippen LogP contribution is -2.12. The summed E-state index contributed by atoms with van der Waals surface area (Å²) >= 11 is 0. The summed E-state index contributed by atoms with van der Waals surface area (Å²) in [7, 11) is 3.74. The van der Waals surface area contributed by atoms with Crippen molar-refractivity contribution in [2.45, 2.75) is 0 Å². The predicted molar refractivity (Wildman–Crippen MR) is 79.7 cm³/mol. The number of ketones is 1. The molecule has 1 heterocycles. The SMILES string of the molecule is CN(C)C=Cc1[nH]c(=O)ccc1C(=O)c1ccccc1. The molecule has 0 atom stereocenters. The number of pyridine rings is 1. The second-order valence-electron chi connectivity index (χ2n) is 4.62. The maximum absolute atomic E-state index is 12.5. The van der Waals surface area contributed by atoms with Crippen LogP contribution in [0.3, 0.4) is 0 Å². The summed E-state index contributed by atoms with van der Waals surface area (Å²) in [5, 5.41) is 0. The second kappa shape index (κ2) is 6.02. The van der Waals surface area contributed by atoms with Crippen LogP contribution in [0.2, 0.25) is 0 Å². The monoisotopic (exact) mass is 268 g/mol. The number of hydrogen-bond acceptors (Lipinski definition) is 3. The molecule has 0 aliphatic rings. The van der Waals surface area contributed by atoms with Crippen LogP contribution in [0.25, 0.3) is 6.08 Å². The molecule has 2 aromatic rings. The largest absolute Gasteiger partial charge is 0.383 e. The zero-order chi connectivity index (χ0) is 14.5. The van der Waals surface area contributed by atoms with Gasteiger partial charge in [0.05, 0.1) is 5.69 Å². The Labute approximate surface area is 117 Å². The quantitative estimate of drug-likeness (QED) is 0.864. The van der Waals surface area contributed by atoms with Gasteiger partial charge >= 0.3 is 0 Å². The number of rotatable bonds is 4. The van der Waals surface area contributed by atoms with Gasteiger partial charge in [0.1, 0.15) is 0 Å². The van der Waals surface area contributed by atoms with E-state index in [4.69, 9.17) is 0 Å². The molecule has 1 aromatic heterocycles. The fourth-order valence-electron chi connectivity index (χ4n) is 1.79. The van der Waals surface area contributed by atoms with Crippen LogP contribution in [0.5, 0.6) is 0 Å². The number of hydrogen-bond donors (Lipinski definition) is 1. The van der Waals surface area contributed by atoms with E-state index in [1.54, 1.807) is 30.5 Å². The Balaban J connectivity index is 2.46. The molecule has 0 saturated carbocycles. The van der Waals surface area contributed by atoms with Gasteiger partial charge < -0.3 is 9.88 Å². The molecule has 0 unspecified atom stereocenters. The molecule has 4 heteroatoms. The Morgan fingerprint density at radius 3 is 2.45 bits per heavy atom. The number of benzene rings is 1. The molecule has 0 amide bonds. The Morgan fingerprint density at radius 2 is 1.80 bits per heavy atom. The highest BCUT2D eigenvalue weighted by Crippen LogP contribution is 2.13. The molecule has 0 bridgehead atoms. The van der Waals surface area contributed by atoms with Crippen molar-refractivity contribution in [1.82, 2.24) is 9.88 Å². The van der Waals surface area contributed by atoms with E-state index in [1.165, 1.54) is 6.07 Å². The van der Waals surface area contributed by atoms with Crippen LogP contribution in [0.15, 0.2) is 53.5 Å². The van der Waals surface area contributed by atoms with Gasteiger partial charge in [-0.1, -0.05) is 30.3 Å². The second-order valence-corrected chi connectivity index (χ2v) is 4.62. The summed E-state index contributed by atoms with van der Waals surface area (Å²) in [4.78, 5) is 28.4. The summed E-state index contributed by atoms with van der Waals surface area (Å²) in [5.41, 5.74) is 1.36. The summed E-state index contributed by atoms with van der Waals surface area (Å²) in [6, 6.07) is 11.9. The van der Waals surface area contributed by atoms with Gasteiger partial charge in [0.2, 0.25) is 5.56 Å². The maximum Gasteiger partial charge on any atom is 0.248 e. The molecule has 0 radical (unpaired) electrons. The topological polar surface area (TPSA) is 53.2 Å². The molecule has 102 valence electrons. The molecule has 2 rings (SSSR count). The van der Waals surface area contributed by atoms with Crippen molar-refractivity contribution in [3.63, 3.8) is 0 Å². The van der Waals surface area contributed by atoms with Crippen molar-refractivity contribution in [2.75, 3.05) is 14.1 Å². The third-order valence-electron chi connectivity index (χ3n) is 2.77. The zero-order valence-corrected chi connectivity index (χ0v) is 11.5. The normalized spacial score (nSPS) is 10.7. The van der Waals surface area contributed by atoms with E-state index >= 15 is 0 Å². The first-order valence-corrected chi connectivity index (χ1v) is 6.25. The Kier molecular flexibility index (Phi) is 4.15. The third kappa shape index (κ3) is 3.23. The Hall–Kier alpha value is -2.62. The first-order chi connectivity index (χ1) is 9.58. The van der Waals surface area contributed by atoms with E-state index in [0.717, 1.165) is 0 Å². The molecule has 0 spiro atoms. The zero-order valence-electron chi connectivity index (χ0n) is 11.5.